The Hall–Kier alpha value is -1.39. The van der Waals surface area contributed by atoms with Gasteiger partial charge in [-0.1, -0.05) is 6.07 Å². The van der Waals surface area contributed by atoms with Gasteiger partial charge < -0.3 is 14.5 Å². The Morgan fingerprint density at radius 3 is 2.94 bits per heavy atom. The van der Waals surface area contributed by atoms with Gasteiger partial charge in [-0.05, 0) is 37.5 Å². The summed E-state index contributed by atoms with van der Waals surface area (Å²) in [5.41, 5.74) is 4.21. The van der Waals surface area contributed by atoms with Gasteiger partial charge in [0.15, 0.2) is 5.58 Å². The first-order chi connectivity index (χ1) is 8.67. The topological polar surface area (TPSA) is 47.3 Å². The minimum Gasteiger partial charge on any atom is -0.439 e. The second kappa shape index (κ2) is 4.37. The molecule has 2 heterocycles. The quantitative estimate of drug-likeness (QED) is 0.884. The lowest BCUT2D eigenvalue weighted by Crippen LogP contribution is -2.16. The van der Waals surface area contributed by atoms with Crippen LogP contribution in [-0.2, 0) is 4.74 Å². The van der Waals surface area contributed by atoms with E-state index in [1.54, 1.807) is 7.11 Å². The number of hydrogen-bond donors (Lipinski definition) is 1. The van der Waals surface area contributed by atoms with Crippen molar-refractivity contribution >= 4 is 11.1 Å². The first kappa shape index (κ1) is 11.7. The molecule has 0 spiro atoms. The van der Waals surface area contributed by atoms with Crippen LogP contribution in [0.3, 0.4) is 0 Å². The number of hydrogen-bond acceptors (Lipinski definition) is 4. The Bertz CT molecular complexity index is 576. The molecule has 1 aliphatic rings. The van der Waals surface area contributed by atoms with Gasteiger partial charge >= 0.3 is 0 Å². The molecule has 1 aromatic heterocycles. The van der Waals surface area contributed by atoms with E-state index >= 15 is 0 Å². The van der Waals surface area contributed by atoms with E-state index in [0.717, 1.165) is 35.5 Å². The normalized spacial score (nSPS) is 23.9. The molecule has 2 aromatic rings. The van der Waals surface area contributed by atoms with Gasteiger partial charge in [0.2, 0.25) is 5.89 Å². The van der Waals surface area contributed by atoms with Crippen LogP contribution in [0.1, 0.15) is 29.5 Å². The van der Waals surface area contributed by atoms with Crippen LogP contribution >= 0.6 is 0 Å². The van der Waals surface area contributed by atoms with Crippen molar-refractivity contribution in [3.8, 4) is 0 Å². The van der Waals surface area contributed by atoms with E-state index in [1.807, 2.05) is 0 Å². The molecule has 0 aliphatic carbocycles. The average Bonchev–Trinajstić information content (AvgIpc) is 2.93. The van der Waals surface area contributed by atoms with Crippen molar-refractivity contribution in [1.82, 2.24) is 10.3 Å². The van der Waals surface area contributed by atoms with Gasteiger partial charge in [-0.2, -0.15) is 0 Å². The highest BCUT2D eigenvalue weighted by Gasteiger charge is 2.28. The number of benzene rings is 1. The molecule has 1 aliphatic heterocycles. The summed E-state index contributed by atoms with van der Waals surface area (Å²) in [7, 11) is 1.74. The van der Waals surface area contributed by atoms with Gasteiger partial charge in [-0.25, -0.2) is 4.98 Å². The van der Waals surface area contributed by atoms with Gasteiger partial charge in [0.25, 0.3) is 0 Å². The molecular weight excluding hydrogens is 228 g/mol. The van der Waals surface area contributed by atoms with Gasteiger partial charge in [0.05, 0.1) is 12.1 Å². The third-order valence-electron chi connectivity index (χ3n) is 3.56. The summed E-state index contributed by atoms with van der Waals surface area (Å²) in [4.78, 5) is 4.60. The molecule has 0 bridgehead atoms. The second-order valence-electron chi connectivity index (χ2n) is 5.04. The summed E-state index contributed by atoms with van der Waals surface area (Å²) >= 11 is 0. The monoisotopic (exact) mass is 246 g/mol. The Balaban J connectivity index is 1.96. The molecule has 96 valence electrons. The zero-order valence-corrected chi connectivity index (χ0v) is 11.0. The molecule has 2 unspecified atom stereocenters. The number of rotatable bonds is 2. The van der Waals surface area contributed by atoms with Crippen LogP contribution in [-0.4, -0.2) is 24.7 Å². The first-order valence-electron chi connectivity index (χ1n) is 6.31. The number of aromatic nitrogens is 1. The highest BCUT2D eigenvalue weighted by Crippen LogP contribution is 2.29. The van der Waals surface area contributed by atoms with Crippen molar-refractivity contribution in [2.24, 2.45) is 0 Å². The minimum absolute atomic E-state index is 0.169. The SMILES string of the molecule is COC1CNC(c2nc3cc(C)cc(C)c3o2)C1. The van der Waals surface area contributed by atoms with Crippen molar-refractivity contribution in [2.45, 2.75) is 32.4 Å². The first-order valence-corrected chi connectivity index (χ1v) is 6.31. The maximum atomic E-state index is 5.90. The van der Waals surface area contributed by atoms with Crippen molar-refractivity contribution in [2.75, 3.05) is 13.7 Å². The van der Waals surface area contributed by atoms with Crippen molar-refractivity contribution in [1.29, 1.82) is 0 Å². The van der Waals surface area contributed by atoms with Crippen LogP contribution in [0, 0.1) is 13.8 Å². The lowest BCUT2D eigenvalue weighted by molar-refractivity contribution is 0.116. The summed E-state index contributed by atoms with van der Waals surface area (Å²) in [6, 6.07) is 4.36. The van der Waals surface area contributed by atoms with Gasteiger partial charge in [0, 0.05) is 13.7 Å². The molecule has 1 aromatic carbocycles. The average molecular weight is 246 g/mol. The van der Waals surface area contributed by atoms with Crippen LogP contribution in [0.2, 0.25) is 0 Å². The molecule has 4 nitrogen and oxygen atoms in total. The molecule has 2 atom stereocenters. The maximum Gasteiger partial charge on any atom is 0.212 e. The molecule has 18 heavy (non-hydrogen) atoms. The summed E-state index contributed by atoms with van der Waals surface area (Å²) in [5, 5.41) is 3.39. The molecule has 1 fully saturated rings. The third-order valence-corrected chi connectivity index (χ3v) is 3.56. The van der Waals surface area contributed by atoms with Crippen LogP contribution in [0.4, 0.5) is 0 Å². The van der Waals surface area contributed by atoms with Crippen LogP contribution in [0.25, 0.3) is 11.1 Å². The number of fused-ring (bicyclic) bond motifs is 1. The molecule has 0 amide bonds. The van der Waals surface area contributed by atoms with E-state index < -0.39 is 0 Å². The summed E-state index contributed by atoms with van der Waals surface area (Å²) in [6.45, 7) is 5.00. The standard InChI is InChI=1S/C14H18N2O2/c1-8-4-9(2)13-11(5-8)16-14(18-13)12-6-10(17-3)7-15-12/h4-5,10,12,15H,6-7H2,1-3H3. The summed E-state index contributed by atoms with van der Waals surface area (Å²) in [5.74, 6) is 0.776. The van der Waals surface area contributed by atoms with Crippen LogP contribution < -0.4 is 5.32 Å². The van der Waals surface area contributed by atoms with E-state index in [1.165, 1.54) is 5.56 Å². The van der Waals surface area contributed by atoms with Crippen LogP contribution in [0.15, 0.2) is 16.5 Å². The number of methoxy groups -OCH3 is 1. The molecule has 0 saturated carbocycles. The van der Waals surface area contributed by atoms with Gasteiger partial charge in [-0.3, -0.25) is 0 Å². The molecule has 1 N–H and O–H groups in total. The highest BCUT2D eigenvalue weighted by molar-refractivity contribution is 5.77. The Kier molecular flexibility index (Phi) is 2.84. The minimum atomic E-state index is 0.169. The molecule has 0 radical (unpaired) electrons. The summed E-state index contributed by atoms with van der Waals surface area (Å²) in [6.07, 6.45) is 1.18. The predicted molar refractivity (Wildman–Crippen MR) is 69.6 cm³/mol. The van der Waals surface area contributed by atoms with Gasteiger partial charge in [-0.15, -0.1) is 0 Å². The van der Waals surface area contributed by atoms with Crippen LogP contribution in [0.5, 0.6) is 0 Å². The van der Waals surface area contributed by atoms with E-state index in [2.05, 4.69) is 36.3 Å². The molecule has 3 rings (SSSR count). The Morgan fingerprint density at radius 2 is 2.22 bits per heavy atom. The number of ether oxygens (including phenoxy) is 1. The lowest BCUT2D eigenvalue weighted by atomic mass is 10.1. The maximum absolute atomic E-state index is 5.90. The largest absolute Gasteiger partial charge is 0.439 e. The van der Waals surface area contributed by atoms with Crippen molar-refractivity contribution < 1.29 is 9.15 Å². The Labute approximate surface area is 106 Å². The second-order valence-corrected chi connectivity index (χ2v) is 5.04. The van der Waals surface area contributed by atoms with E-state index in [9.17, 15) is 0 Å². The number of nitrogens with one attached hydrogen (secondary N) is 1. The zero-order valence-electron chi connectivity index (χ0n) is 11.0. The predicted octanol–water partition coefficient (Wildman–Crippen LogP) is 2.49. The smallest absolute Gasteiger partial charge is 0.212 e. The van der Waals surface area contributed by atoms with Crippen molar-refractivity contribution in [3.63, 3.8) is 0 Å². The fourth-order valence-electron chi connectivity index (χ4n) is 2.61. The van der Waals surface area contributed by atoms with E-state index in [-0.39, 0.29) is 12.1 Å². The van der Waals surface area contributed by atoms with Crippen molar-refractivity contribution in [3.05, 3.63) is 29.2 Å². The van der Waals surface area contributed by atoms with E-state index in [0.29, 0.717) is 0 Å². The number of nitrogens with zero attached hydrogens (tertiary/aromatic N) is 1. The number of oxazole rings is 1. The third kappa shape index (κ3) is 1.91. The van der Waals surface area contributed by atoms with E-state index in [4.69, 9.17) is 9.15 Å². The molecular formula is C14H18N2O2. The van der Waals surface area contributed by atoms with Gasteiger partial charge in [0.1, 0.15) is 5.52 Å². The number of aryl methyl sites for hydroxylation is 2. The molecule has 1 saturated heterocycles. The zero-order chi connectivity index (χ0) is 12.7. The fourth-order valence-corrected chi connectivity index (χ4v) is 2.61. The highest BCUT2D eigenvalue weighted by atomic mass is 16.5. The molecule has 4 heteroatoms. The summed E-state index contributed by atoms with van der Waals surface area (Å²) < 4.78 is 11.2. The lowest BCUT2D eigenvalue weighted by Gasteiger charge is -2.04. The Morgan fingerprint density at radius 1 is 1.39 bits per heavy atom. The fraction of sp³-hybridized carbons (Fsp3) is 0.500.